The first-order valence-electron chi connectivity index (χ1n) is 8.00. The Kier molecular flexibility index (Phi) is 4.75. The van der Waals surface area contributed by atoms with Crippen LogP contribution in [0.1, 0.15) is 5.56 Å². The lowest BCUT2D eigenvalue weighted by Crippen LogP contribution is -2.48. The Morgan fingerprint density at radius 3 is 2.73 bits per heavy atom. The lowest BCUT2D eigenvalue weighted by Gasteiger charge is -2.35. The fraction of sp³-hybridized carbons (Fsp3) is 0.294. The van der Waals surface area contributed by atoms with E-state index in [1.165, 1.54) is 13.2 Å². The summed E-state index contributed by atoms with van der Waals surface area (Å²) < 4.78 is 4.74. The summed E-state index contributed by atoms with van der Waals surface area (Å²) in [4.78, 5) is 34.0. The molecule has 3 heterocycles. The second kappa shape index (κ2) is 7.14. The molecule has 1 aliphatic heterocycles. The Labute approximate surface area is 149 Å². The minimum atomic E-state index is -0.773. The van der Waals surface area contributed by atoms with Crippen LogP contribution in [0.2, 0.25) is 0 Å². The molecule has 0 aliphatic carbocycles. The molecule has 0 saturated carbocycles. The minimum absolute atomic E-state index is 0.122. The summed E-state index contributed by atoms with van der Waals surface area (Å²) in [5.41, 5.74) is 7.29. The van der Waals surface area contributed by atoms with Crippen LogP contribution in [0.5, 0.6) is 0 Å². The number of anilines is 1. The van der Waals surface area contributed by atoms with E-state index in [1.54, 1.807) is 23.4 Å². The number of piperazine rings is 1. The predicted molar refractivity (Wildman–Crippen MR) is 95.1 cm³/mol. The average molecular weight is 354 g/mol. The van der Waals surface area contributed by atoms with Crippen molar-refractivity contribution in [2.45, 2.75) is 0 Å². The summed E-state index contributed by atoms with van der Waals surface area (Å²) in [5, 5.41) is 9.80. The summed E-state index contributed by atoms with van der Waals surface area (Å²) in [6, 6.07) is 3.73. The number of carbonyl (C=O) groups excluding carboxylic acids is 2. The summed E-state index contributed by atoms with van der Waals surface area (Å²) in [5.74, 6) is -0.773. The normalized spacial score (nSPS) is 15.0. The number of aromatic amines is 1. The highest BCUT2D eigenvalue weighted by Gasteiger charge is 2.22. The third-order valence-electron chi connectivity index (χ3n) is 4.31. The summed E-state index contributed by atoms with van der Waals surface area (Å²) in [6.07, 6.45) is 4.55. The van der Waals surface area contributed by atoms with Gasteiger partial charge in [0.25, 0.3) is 5.91 Å². The van der Waals surface area contributed by atoms with Gasteiger partial charge < -0.3 is 25.3 Å². The molecule has 1 fully saturated rings. The van der Waals surface area contributed by atoms with Crippen molar-refractivity contribution >= 4 is 34.8 Å². The van der Waals surface area contributed by atoms with Gasteiger partial charge in [-0.25, -0.2) is 9.78 Å². The third-order valence-corrected chi connectivity index (χ3v) is 4.31. The van der Waals surface area contributed by atoms with Crippen molar-refractivity contribution in [1.29, 1.82) is 5.26 Å². The first-order valence-corrected chi connectivity index (χ1v) is 8.00. The zero-order valence-corrected chi connectivity index (χ0v) is 14.2. The number of nitrogens with zero attached hydrogens (tertiary/aromatic N) is 4. The van der Waals surface area contributed by atoms with E-state index >= 15 is 0 Å². The number of fused-ring (bicyclic) bond motifs is 1. The maximum Gasteiger partial charge on any atom is 0.409 e. The van der Waals surface area contributed by atoms with Crippen LogP contribution in [0.3, 0.4) is 0 Å². The highest BCUT2D eigenvalue weighted by Crippen LogP contribution is 2.25. The Balaban J connectivity index is 1.86. The fourth-order valence-electron chi connectivity index (χ4n) is 2.90. The number of ether oxygens (including phenoxy) is 1. The minimum Gasteiger partial charge on any atom is -0.453 e. The molecule has 2 aromatic rings. The average Bonchev–Trinajstić information content (AvgIpc) is 3.07. The number of nitrogens with two attached hydrogens (primary N) is 1. The van der Waals surface area contributed by atoms with E-state index in [0.717, 1.165) is 11.1 Å². The maximum atomic E-state index is 11.6. The molecule has 0 unspecified atom stereocenters. The van der Waals surface area contributed by atoms with Crippen molar-refractivity contribution in [3.8, 4) is 6.07 Å². The van der Waals surface area contributed by atoms with Crippen molar-refractivity contribution in [2.24, 2.45) is 5.73 Å². The van der Waals surface area contributed by atoms with E-state index in [1.807, 2.05) is 6.07 Å². The molecule has 2 aromatic heterocycles. The number of nitriles is 1. The number of carbonyl (C=O) groups is 2. The van der Waals surface area contributed by atoms with Crippen molar-refractivity contribution in [3.05, 3.63) is 29.6 Å². The number of nitrogens with one attached hydrogen (secondary N) is 1. The first kappa shape index (κ1) is 17.3. The highest BCUT2D eigenvalue weighted by atomic mass is 16.5. The molecule has 134 valence electrons. The monoisotopic (exact) mass is 354 g/mol. The highest BCUT2D eigenvalue weighted by molar-refractivity contribution is 6.03. The number of aromatic nitrogens is 2. The van der Waals surface area contributed by atoms with Crippen molar-refractivity contribution in [1.82, 2.24) is 14.9 Å². The number of pyridine rings is 1. The van der Waals surface area contributed by atoms with E-state index in [9.17, 15) is 9.59 Å². The molecule has 3 N–H and O–H groups in total. The maximum absolute atomic E-state index is 11.6. The van der Waals surface area contributed by atoms with E-state index in [2.05, 4.69) is 14.9 Å². The number of methoxy groups -OCH3 is 1. The zero-order chi connectivity index (χ0) is 18.7. The van der Waals surface area contributed by atoms with E-state index < -0.39 is 5.91 Å². The number of hydrogen-bond acceptors (Lipinski definition) is 6. The second-order valence-electron chi connectivity index (χ2n) is 5.81. The van der Waals surface area contributed by atoms with Gasteiger partial charge >= 0.3 is 6.09 Å². The van der Waals surface area contributed by atoms with E-state index in [0.29, 0.717) is 37.4 Å². The van der Waals surface area contributed by atoms with Crippen molar-refractivity contribution in [2.75, 3.05) is 38.2 Å². The molecule has 9 heteroatoms. The van der Waals surface area contributed by atoms with Crippen LogP contribution < -0.4 is 10.6 Å². The summed E-state index contributed by atoms with van der Waals surface area (Å²) in [6.45, 7) is 2.43. The lowest BCUT2D eigenvalue weighted by molar-refractivity contribution is -0.114. The van der Waals surface area contributed by atoms with Crippen LogP contribution in [0, 0.1) is 11.3 Å². The van der Waals surface area contributed by atoms with Crippen LogP contribution >= 0.6 is 0 Å². The van der Waals surface area contributed by atoms with Gasteiger partial charge in [-0.05, 0) is 12.1 Å². The van der Waals surface area contributed by atoms with Crippen LogP contribution in [-0.4, -0.2) is 60.2 Å². The topological polar surface area (TPSA) is 128 Å². The quantitative estimate of drug-likeness (QED) is 0.621. The number of amides is 2. The molecule has 3 rings (SSSR count). The largest absolute Gasteiger partial charge is 0.453 e. The zero-order valence-electron chi connectivity index (χ0n) is 14.2. The van der Waals surface area contributed by atoms with Crippen LogP contribution in [0.4, 0.5) is 10.5 Å². The standard InChI is InChI=1S/C17H18N6O3/c1-26-17(25)23-4-2-22(3-5-23)13-7-14-12(6-11(8-18)15(19)24)9-20-16(14)21-10-13/h6-7,9-10H,2-5H2,1H3,(H2,19,24)(H,20,21). The SMILES string of the molecule is COC(=O)N1CCN(c2cnc3[nH]cc(C=C(C#N)C(N)=O)c3c2)CC1. The van der Waals surface area contributed by atoms with Crippen molar-refractivity contribution < 1.29 is 14.3 Å². The van der Waals surface area contributed by atoms with Gasteiger partial charge in [-0.2, -0.15) is 5.26 Å². The van der Waals surface area contributed by atoms with E-state index in [-0.39, 0.29) is 11.7 Å². The second-order valence-corrected chi connectivity index (χ2v) is 5.81. The molecule has 0 bridgehead atoms. The first-order chi connectivity index (χ1) is 12.5. The molecular weight excluding hydrogens is 336 g/mol. The molecule has 9 nitrogen and oxygen atoms in total. The summed E-state index contributed by atoms with van der Waals surface area (Å²) in [7, 11) is 1.37. The van der Waals surface area contributed by atoms with Gasteiger partial charge in [-0.15, -0.1) is 0 Å². The van der Waals surface area contributed by atoms with Gasteiger partial charge in [0.15, 0.2) is 0 Å². The Bertz CT molecular complexity index is 918. The third kappa shape index (κ3) is 3.30. The molecule has 0 radical (unpaired) electrons. The smallest absolute Gasteiger partial charge is 0.409 e. The number of hydrogen-bond donors (Lipinski definition) is 2. The summed E-state index contributed by atoms with van der Waals surface area (Å²) >= 11 is 0. The molecule has 0 spiro atoms. The van der Waals surface area contributed by atoms with Gasteiger partial charge in [0.2, 0.25) is 0 Å². The molecule has 1 saturated heterocycles. The van der Waals surface area contributed by atoms with Crippen LogP contribution in [-0.2, 0) is 9.53 Å². The predicted octanol–water partition coefficient (Wildman–Crippen LogP) is 0.844. The van der Waals surface area contributed by atoms with Gasteiger partial charge in [0, 0.05) is 43.3 Å². The number of rotatable bonds is 3. The Hall–Kier alpha value is -3.54. The molecule has 1 aliphatic rings. The molecule has 0 atom stereocenters. The lowest BCUT2D eigenvalue weighted by atomic mass is 10.1. The number of primary amides is 1. The molecular formula is C17H18N6O3. The Morgan fingerprint density at radius 1 is 1.38 bits per heavy atom. The van der Waals surface area contributed by atoms with E-state index in [4.69, 9.17) is 15.7 Å². The van der Waals surface area contributed by atoms with Gasteiger partial charge in [-0.3, -0.25) is 4.79 Å². The van der Waals surface area contributed by atoms with Gasteiger partial charge in [0.05, 0.1) is 19.0 Å². The van der Waals surface area contributed by atoms with Gasteiger partial charge in [0.1, 0.15) is 17.3 Å². The Morgan fingerprint density at radius 2 is 2.12 bits per heavy atom. The molecule has 2 amide bonds. The number of H-pyrrole nitrogens is 1. The van der Waals surface area contributed by atoms with Crippen LogP contribution in [0.25, 0.3) is 17.1 Å². The van der Waals surface area contributed by atoms with Crippen LogP contribution in [0.15, 0.2) is 24.0 Å². The molecule has 0 aromatic carbocycles. The van der Waals surface area contributed by atoms with Gasteiger partial charge in [-0.1, -0.05) is 0 Å². The van der Waals surface area contributed by atoms with Crippen molar-refractivity contribution in [3.63, 3.8) is 0 Å². The fourth-order valence-corrected chi connectivity index (χ4v) is 2.90. The molecule has 26 heavy (non-hydrogen) atoms.